The molecule has 1 saturated heterocycles. The van der Waals surface area contributed by atoms with E-state index in [1.807, 2.05) is 62.4 Å². The van der Waals surface area contributed by atoms with Gasteiger partial charge in [0, 0.05) is 43.4 Å². The molecule has 0 radical (unpaired) electrons. The van der Waals surface area contributed by atoms with Gasteiger partial charge in [-0.3, -0.25) is 14.6 Å². The van der Waals surface area contributed by atoms with Gasteiger partial charge in [0.15, 0.2) is 0 Å². The molecule has 0 bridgehead atoms. The van der Waals surface area contributed by atoms with Crippen molar-refractivity contribution in [2.75, 3.05) is 44.6 Å². The number of piperazine rings is 1. The van der Waals surface area contributed by atoms with Gasteiger partial charge in [0.05, 0.1) is 6.04 Å². The first-order valence-corrected chi connectivity index (χ1v) is 10.1. The van der Waals surface area contributed by atoms with E-state index >= 15 is 0 Å². The Labute approximate surface area is 172 Å². The second-order valence-corrected chi connectivity index (χ2v) is 7.65. The minimum absolute atomic E-state index is 0.0464. The fraction of sp³-hybridized carbons (Fsp3) is 0.409. The fourth-order valence-electron chi connectivity index (χ4n) is 3.33. The van der Waals surface area contributed by atoms with E-state index in [4.69, 9.17) is 16.3 Å². The lowest BCUT2D eigenvalue weighted by Gasteiger charge is -2.37. The quantitative estimate of drug-likeness (QED) is 0.768. The molecular formula is C22H28ClN3O2. The Hall–Kier alpha value is -2.08. The Kier molecular flexibility index (Phi) is 7.31. The number of aryl methyl sites for hydroxylation is 1. The SMILES string of the molecule is Cc1cccc(NC(=O)C(C)N2CCN(CCOc3ccc(Cl)cc3)CC2)c1. The van der Waals surface area contributed by atoms with Gasteiger partial charge in [-0.25, -0.2) is 0 Å². The van der Waals surface area contributed by atoms with Crippen molar-refractivity contribution in [3.63, 3.8) is 0 Å². The van der Waals surface area contributed by atoms with Gasteiger partial charge in [0.25, 0.3) is 0 Å². The summed E-state index contributed by atoms with van der Waals surface area (Å²) in [6, 6.07) is 15.2. The van der Waals surface area contributed by atoms with Gasteiger partial charge in [-0.2, -0.15) is 0 Å². The van der Waals surface area contributed by atoms with Crippen molar-refractivity contribution >= 4 is 23.2 Å². The van der Waals surface area contributed by atoms with Gasteiger partial charge in [0.2, 0.25) is 5.91 Å². The van der Waals surface area contributed by atoms with E-state index in [1.165, 1.54) is 0 Å². The van der Waals surface area contributed by atoms with Crippen LogP contribution in [0, 0.1) is 6.92 Å². The Morgan fingerprint density at radius 1 is 1.14 bits per heavy atom. The molecule has 0 aliphatic carbocycles. The summed E-state index contributed by atoms with van der Waals surface area (Å²) in [6.07, 6.45) is 0. The third-order valence-corrected chi connectivity index (χ3v) is 5.36. The number of rotatable bonds is 7. The van der Waals surface area contributed by atoms with E-state index in [1.54, 1.807) is 0 Å². The third kappa shape index (κ3) is 5.96. The summed E-state index contributed by atoms with van der Waals surface area (Å²) in [4.78, 5) is 17.2. The molecule has 1 aliphatic rings. The van der Waals surface area contributed by atoms with Crippen LogP contribution in [-0.4, -0.2) is 61.1 Å². The van der Waals surface area contributed by atoms with E-state index in [2.05, 4.69) is 15.1 Å². The van der Waals surface area contributed by atoms with Crippen LogP contribution in [0.25, 0.3) is 0 Å². The average Bonchev–Trinajstić information content (AvgIpc) is 2.69. The van der Waals surface area contributed by atoms with Gasteiger partial charge in [-0.05, 0) is 55.8 Å². The minimum Gasteiger partial charge on any atom is -0.492 e. The van der Waals surface area contributed by atoms with Crippen molar-refractivity contribution < 1.29 is 9.53 Å². The van der Waals surface area contributed by atoms with Crippen LogP contribution < -0.4 is 10.1 Å². The first-order chi connectivity index (χ1) is 13.5. The molecule has 0 spiro atoms. The molecule has 2 aromatic rings. The number of ether oxygens (including phenoxy) is 1. The molecule has 1 atom stereocenters. The molecule has 3 rings (SSSR count). The molecule has 5 nitrogen and oxygen atoms in total. The van der Waals surface area contributed by atoms with Crippen molar-refractivity contribution in [3.05, 3.63) is 59.1 Å². The molecule has 1 amide bonds. The summed E-state index contributed by atoms with van der Waals surface area (Å²) in [6.45, 7) is 9.15. The molecule has 2 aromatic carbocycles. The average molecular weight is 402 g/mol. The topological polar surface area (TPSA) is 44.8 Å². The van der Waals surface area contributed by atoms with E-state index in [9.17, 15) is 4.79 Å². The molecule has 1 unspecified atom stereocenters. The molecule has 150 valence electrons. The summed E-state index contributed by atoms with van der Waals surface area (Å²) >= 11 is 5.88. The first kappa shape index (κ1) is 20.6. The zero-order valence-electron chi connectivity index (χ0n) is 16.5. The Morgan fingerprint density at radius 3 is 2.54 bits per heavy atom. The zero-order chi connectivity index (χ0) is 19.9. The molecule has 1 aliphatic heterocycles. The molecule has 6 heteroatoms. The number of hydrogen-bond donors (Lipinski definition) is 1. The largest absolute Gasteiger partial charge is 0.492 e. The second-order valence-electron chi connectivity index (χ2n) is 7.21. The van der Waals surface area contributed by atoms with Crippen molar-refractivity contribution in [1.29, 1.82) is 0 Å². The Balaban J connectivity index is 1.39. The van der Waals surface area contributed by atoms with Gasteiger partial charge in [0.1, 0.15) is 12.4 Å². The molecule has 0 aromatic heterocycles. The summed E-state index contributed by atoms with van der Waals surface area (Å²) < 4.78 is 5.77. The number of amides is 1. The number of carbonyl (C=O) groups excluding carboxylic acids is 1. The highest BCUT2D eigenvalue weighted by Gasteiger charge is 2.25. The van der Waals surface area contributed by atoms with E-state index in [0.717, 1.165) is 49.7 Å². The summed E-state index contributed by atoms with van der Waals surface area (Å²) in [5.41, 5.74) is 2.00. The summed E-state index contributed by atoms with van der Waals surface area (Å²) in [5, 5.41) is 3.74. The van der Waals surface area contributed by atoms with Crippen LogP contribution >= 0.6 is 11.6 Å². The van der Waals surface area contributed by atoms with Crippen LogP contribution in [0.5, 0.6) is 5.75 Å². The predicted octanol–water partition coefficient (Wildman–Crippen LogP) is 3.67. The molecule has 0 saturated carbocycles. The maximum atomic E-state index is 12.6. The highest BCUT2D eigenvalue weighted by molar-refractivity contribution is 6.30. The van der Waals surface area contributed by atoms with Gasteiger partial charge >= 0.3 is 0 Å². The van der Waals surface area contributed by atoms with Crippen LogP contribution in [0.1, 0.15) is 12.5 Å². The number of carbonyl (C=O) groups is 1. The highest BCUT2D eigenvalue weighted by Crippen LogP contribution is 2.16. The van der Waals surface area contributed by atoms with Crippen LogP contribution in [0.3, 0.4) is 0 Å². The zero-order valence-corrected chi connectivity index (χ0v) is 17.3. The van der Waals surface area contributed by atoms with Crippen LogP contribution in [0.15, 0.2) is 48.5 Å². The predicted molar refractivity (Wildman–Crippen MR) is 114 cm³/mol. The van der Waals surface area contributed by atoms with E-state index < -0.39 is 0 Å². The maximum Gasteiger partial charge on any atom is 0.241 e. The monoisotopic (exact) mass is 401 g/mol. The lowest BCUT2D eigenvalue weighted by Crippen LogP contribution is -2.53. The summed E-state index contributed by atoms with van der Waals surface area (Å²) in [5.74, 6) is 0.884. The smallest absolute Gasteiger partial charge is 0.241 e. The number of halogens is 1. The van der Waals surface area contributed by atoms with Crippen molar-refractivity contribution in [1.82, 2.24) is 9.80 Å². The molecule has 1 heterocycles. The molecule has 28 heavy (non-hydrogen) atoms. The molecule has 1 fully saturated rings. The molecular weight excluding hydrogens is 374 g/mol. The van der Waals surface area contributed by atoms with Gasteiger partial charge in [-0.1, -0.05) is 23.7 Å². The highest BCUT2D eigenvalue weighted by atomic mass is 35.5. The number of hydrogen-bond acceptors (Lipinski definition) is 4. The number of nitrogens with one attached hydrogen (secondary N) is 1. The maximum absolute atomic E-state index is 12.6. The standard InChI is InChI=1S/C22H28ClN3O2/c1-17-4-3-5-20(16-17)24-22(27)18(2)26-12-10-25(11-13-26)14-15-28-21-8-6-19(23)7-9-21/h3-9,16,18H,10-15H2,1-2H3,(H,24,27). The third-order valence-electron chi connectivity index (χ3n) is 5.11. The van der Waals surface area contributed by atoms with Gasteiger partial charge < -0.3 is 10.1 Å². The number of benzene rings is 2. The fourth-order valence-corrected chi connectivity index (χ4v) is 3.46. The first-order valence-electron chi connectivity index (χ1n) is 9.73. The van der Waals surface area contributed by atoms with Crippen LogP contribution in [0.2, 0.25) is 5.02 Å². The second kappa shape index (κ2) is 9.92. The Bertz CT molecular complexity index is 774. The lowest BCUT2D eigenvalue weighted by molar-refractivity contribution is -0.121. The van der Waals surface area contributed by atoms with Crippen molar-refractivity contribution in [2.24, 2.45) is 0 Å². The number of nitrogens with zero attached hydrogens (tertiary/aromatic N) is 2. The van der Waals surface area contributed by atoms with Crippen LogP contribution in [-0.2, 0) is 4.79 Å². The van der Waals surface area contributed by atoms with Crippen LogP contribution in [0.4, 0.5) is 5.69 Å². The van der Waals surface area contributed by atoms with Crippen molar-refractivity contribution in [3.8, 4) is 5.75 Å². The van der Waals surface area contributed by atoms with Crippen molar-refractivity contribution in [2.45, 2.75) is 19.9 Å². The normalized spacial score (nSPS) is 16.5. The lowest BCUT2D eigenvalue weighted by atomic mass is 10.2. The number of anilines is 1. The van der Waals surface area contributed by atoms with E-state index in [-0.39, 0.29) is 11.9 Å². The van der Waals surface area contributed by atoms with E-state index in [0.29, 0.717) is 11.6 Å². The summed E-state index contributed by atoms with van der Waals surface area (Å²) in [7, 11) is 0. The Morgan fingerprint density at radius 2 is 1.86 bits per heavy atom. The minimum atomic E-state index is -0.145. The molecule has 1 N–H and O–H groups in total. The van der Waals surface area contributed by atoms with Gasteiger partial charge in [-0.15, -0.1) is 0 Å².